The first-order valence-electron chi connectivity index (χ1n) is 5.56. The molecular formula is C12H19NO3. The van der Waals surface area contributed by atoms with E-state index in [0.29, 0.717) is 18.3 Å². The average Bonchev–Trinajstić information content (AvgIpc) is 2.66. The number of hydrogen-bond donors (Lipinski definition) is 1. The second-order valence-electron chi connectivity index (χ2n) is 4.12. The Morgan fingerprint density at radius 3 is 2.75 bits per heavy atom. The van der Waals surface area contributed by atoms with Crippen LogP contribution in [-0.2, 0) is 6.54 Å². The fraction of sp³-hybridized carbons (Fsp3) is 0.583. The summed E-state index contributed by atoms with van der Waals surface area (Å²) in [5.74, 6) is -0.315. The number of carboxylic acid groups (broad SMARTS) is 1. The van der Waals surface area contributed by atoms with E-state index in [9.17, 15) is 4.79 Å². The molecule has 0 radical (unpaired) electrons. The molecular weight excluding hydrogens is 206 g/mol. The molecule has 0 amide bonds. The van der Waals surface area contributed by atoms with Gasteiger partial charge in [0.2, 0.25) is 5.76 Å². The topological polar surface area (TPSA) is 53.7 Å². The van der Waals surface area contributed by atoms with Crippen LogP contribution in [0.3, 0.4) is 0 Å². The first-order valence-corrected chi connectivity index (χ1v) is 5.56. The number of hydrogen-bond acceptors (Lipinski definition) is 3. The summed E-state index contributed by atoms with van der Waals surface area (Å²) < 4.78 is 5.20. The average molecular weight is 225 g/mol. The van der Waals surface area contributed by atoms with Gasteiger partial charge in [0.15, 0.2) is 0 Å². The highest BCUT2D eigenvalue weighted by atomic mass is 16.4. The minimum absolute atomic E-state index is 0.00606. The highest BCUT2D eigenvalue weighted by molar-refractivity contribution is 5.84. The summed E-state index contributed by atoms with van der Waals surface area (Å²) in [6, 6.07) is 3.69. The standard InChI is InChI=1S/C12H19NO3/c1-4-5-9(2)13(3)8-10-6-7-11(16-10)12(14)15/h6-7,9H,4-5,8H2,1-3H3,(H,14,15). The lowest BCUT2D eigenvalue weighted by atomic mass is 10.2. The van der Waals surface area contributed by atoms with Crippen LogP contribution in [0.5, 0.6) is 0 Å². The third-order valence-electron chi connectivity index (χ3n) is 2.74. The first kappa shape index (κ1) is 12.8. The molecule has 16 heavy (non-hydrogen) atoms. The van der Waals surface area contributed by atoms with Crippen LogP contribution in [0.15, 0.2) is 16.5 Å². The molecule has 0 aliphatic carbocycles. The number of furan rings is 1. The smallest absolute Gasteiger partial charge is 0.371 e. The molecule has 4 nitrogen and oxygen atoms in total. The van der Waals surface area contributed by atoms with E-state index in [4.69, 9.17) is 9.52 Å². The lowest BCUT2D eigenvalue weighted by Gasteiger charge is -2.22. The quantitative estimate of drug-likeness (QED) is 0.808. The Kier molecular flexibility index (Phi) is 4.55. The predicted octanol–water partition coefficient (Wildman–Crippen LogP) is 2.60. The van der Waals surface area contributed by atoms with Crippen molar-refractivity contribution in [2.75, 3.05) is 7.05 Å². The molecule has 0 saturated heterocycles. The molecule has 0 aliphatic heterocycles. The maximum Gasteiger partial charge on any atom is 0.371 e. The zero-order valence-electron chi connectivity index (χ0n) is 10.1. The van der Waals surface area contributed by atoms with Crippen molar-refractivity contribution in [3.05, 3.63) is 23.7 Å². The Morgan fingerprint density at radius 1 is 1.56 bits per heavy atom. The maximum atomic E-state index is 10.6. The van der Waals surface area contributed by atoms with Gasteiger partial charge in [-0.2, -0.15) is 0 Å². The molecule has 0 fully saturated rings. The van der Waals surface area contributed by atoms with E-state index in [1.165, 1.54) is 6.07 Å². The van der Waals surface area contributed by atoms with Crippen LogP contribution in [-0.4, -0.2) is 29.1 Å². The van der Waals surface area contributed by atoms with Crippen molar-refractivity contribution in [3.63, 3.8) is 0 Å². The minimum Gasteiger partial charge on any atom is -0.475 e. The van der Waals surface area contributed by atoms with Crippen molar-refractivity contribution in [2.45, 2.75) is 39.3 Å². The van der Waals surface area contributed by atoms with E-state index in [1.807, 2.05) is 7.05 Å². The molecule has 0 spiro atoms. The SMILES string of the molecule is CCCC(C)N(C)Cc1ccc(C(=O)O)o1. The summed E-state index contributed by atoms with van der Waals surface area (Å²) in [6.45, 7) is 4.96. The zero-order valence-corrected chi connectivity index (χ0v) is 10.1. The van der Waals surface area contributed by atoms with Gasteiger partial charge in [0.05, 0.1) is 6.54 Å². The molecule has 1 rings (SSSR count). The molecule has 0 aliphatic rings. The number of rotatable bonds is 6. The predicted molar refractivity (Wildman–Crippen MR) is 61.5 cm³/mol. The first-order chi connectivity index (χ1) is 7.54. The van der Waals surface area contributed by atoms with Gasteiger partial charge in [-0.1, -0.05) is 13.3 Å². The van der Waals surface area contributed by atoms with Gasteiger partial charge in [0.25, 0.3) is 0 Å². The third-order valence-corrected chi connectivity index (χ3v) is 2.74. The molecule has 1 N–H and O–H groups in total. The monoisotopic (exact) mass is 225 g/mol. The summed E-state index contributed by atoms with van der Waals surface area (Å²) in [4.78, 5) is 12.8. The molecule has 1 aromatic rings. The summed E-state index contributed by atoms with van der Waals surface area (Å²) >= 11 is 0. The van der Waals surface area contributed by atoms with E-state index in [2.05, 4.69) is 18.7 Å². The van der Waals surface area contributed by atoms with Gasteiger partial charge >= 0.3 is 5.97 Å². The van der Waals surface area contributed by atoms with Crippen LogP contribution in [0.4, 0.5) is 0 Å². The summed E-state index contributed by atoms with van der Waals surface area (Å²) in [6.07, 6.45) is 2.27. The van der Waals surface area contributed by atoms with Crippen LogP contribution >= 0.6 is 0 Å². The van der Waals surface area contributed by atoms with Gasteiger partial charge in [-0.25, -0.2) is 4.79 Å². The fourth-order valence-corrected chi connectivity index (χ4v) is 1.62. The fourth-order valence-electron chi connectivity index (χ4n) is 1.62. The van der Waals surface area contributed by atoms with Gasteiger partial charge in [0.1, 0.15) is 5.76 Å². The highest BCUT2D eigenvalue weighted by Crippen LogP contribution is 2.13. The van der Waals surface area contributed by atoms with Crippen LogP contribution < -0.4 is 0 Å². The van der Waals surface area contributed by atoms with Gasteiger partial charge in [-0.3, -0.25) is 4.90 Å². The molecule has 1 aromatic heterocycles. The number of aromatic carboxylic acids is 1. The van der Waals surface area contributed by atoms with E-state index in [1.54, 1.807) is 6.07 Å². The Balaban J connectivity index is 2.55. The number of nitrogens with zero attached hydrogens (tertiary/aromatic N) is 1. The summed E-state index contributed by atoms with van der Waals surface area (Å²) in [7, 11) is 2.02. The van der Waals surface area contributed by atoms with Crippen molar-refractivity contribution >= 4 is 5.97 Å². The molecule has 0 aromatic carbocycles. The highest BCUT2D eigenvalue weighted by Gasteiger charge is 2.13. The molecule has 1 heterocycles. The molecule has 0 saturated carbocycles. The lowest BCUT2D eigenvalue weighted by Crippen LogP contribution is -2.28. The van der Waals surface area contributed by atoms with Crippen molar-refractivity contribution in [1.29, 1.82) is 0 Å². The summed E-state index contributed by atoms with van der Waals surface area (Å²) in [5.41, 5.74) is 0. The van der Waals surface area contributed by atoms with E-state index < -0.39 is 5.97 Å². The van der Waals surface area contributed by atoms with Crippen LogP contribution in [0, 0.1) is 0 Å². The Morgan fingerprint density at radius 2 is 2.25 bits per heavy atom. The largest absolute Gasteiger partial charge is 0.475 e. The maximum absolute atomic E-state index is 10.6. The van der Waals surface area contributed by atoms with Crippen LogP contribution in [0.2, 0.25) is 0 Å². The molecule has 1 atom stereocenters. The van der Waals surface area contributed by atoms with E-state index in [0.717, 1.165) is 12.8 Å². The van der Waals surface area contributed by atoms with Gasteiger partial charge < -0.3 is 9.52 Å². The van der Waals surface area contributed by atoms with Gasteiger partial charge in [-0.05, 0) is 32.5 Å². The normalized spacial score (nSPS) is 13.0. The van der Waals surface area contributed by atoms with Crippen LogP contribution in [0.1, 0.15) is 43.0 Å². The van der Waals surface area contributed by atoms with Crippen molar-refractivity contribution in [1.82, 2.24) is 4.90 Å². The molecule has 4 heteroatoms. The zero-order chi connectivity index (χ0) is 12.1. The van der Waals surface area contributed by atoms with Crippen molar-refractivity contribution in [3.8, 4) is 0 Å². The lowest BCUT2D eigenvalue weighted by molar-refractivity contribution is 0.0658. The van der Waals surface area contributed by atoms with Crippen molar-refractivity contribution in [2.24, 2.45) is 0 Å². The molecule has 0 bridgehead atoms. The van der Waals surface area contributed by atoms with Gasteiger partial charge in [-0.15, -0.1) is 0 Å². The van der Waals surface area contributed by atoms with E-state index >= 15 is 0 Å². The second kappa shape index (κ2) is 5.70. The minimum atomic E-state index is -1.02. The Labute approximate surface area is 95.9 Å². The van der Waals surface area contributed by atoms with E-state index in [-0.39, 0.29) is 5.76 Å². The number of carboxylic acids is 1. The van der Waals surface area contributed by atoms with Crippen LogP contribution in [0.25, 0.3) is 0 Å². The molecule has 90 valence electrons. The third kappa shape index (κ3) is 3.38. The summed E-state index contributed by atoms with van der Waals surface area (Å²) in [5, 5.41) is 8.72. The Hall–Kier alpha value is -1.29. The molecule has 1 unspecified atom stereocenters. The van der Waals surface area contributed by atoms with Crippen molar-refractivity contribution < 1.29 is 14.3 Å². The number of carbonyl (C=O) groups is 1. The Bertz CT molecular complexity index is 346. The second-order valence-corrected chi connectivity index (χ2v) is 4.12. The van der Waals surface area contributed by atoms with Gasteiger partial charge in [0, 0.05) is 6.04 Å².